The second-order valence-electron chi connectivity index (χ2n) is 5.13. The van der Waals surface area contributed by atoms with Gasteiger partial charge in [0.15, 0.2) is 0 Å². The third-order valence-corrected chi connectivity index (χ3v) is 3.26. The van der Waals surface area contributed by atoms with Gasteiger partial charge in [-0.15, -0.1) is 0 Å². The van der Waals surface area contributed by atoms with Crippen LogP contribution in [0.1, 0.15) is 19.4 Å². The predicted molar refractivity (Wildman–Crippen MR) is 78.5 cm³/mol. The van der Waals surface area contributed by atoms with E-state index in [1.807, 2.05) is 14.1 Å². The van der Waals surface area contributed by atoms with Crippen molar-refractivity contribution in [3.05, 3.63) is 29.8 Å². The molecule has 19 heavy (non-hydrogen) atoms. The molecule has 0 saturated carbocycles. The Kier molecular flexibility index (Phi) is 5.83. The van der Waals surface area contributed by atoms with Gasteiger partial charge in [0.2, 0.25) is 0 Å². The number of aliphatic carboxylic acids is 1. The molecule has 0 aromatic heterocycles. The summed E-state index contributed by atoms with van der Waals surface area (Å²) in [6.07, 6.45) is 0. The normalized spacial score (nSPS) is 12.5. The lowest BCUT2D eigenvalue weighted by Gasteiger charge is -2.23. The molecule has 0 aliphatic heterocycles. The summed E-state index contributed by atoms with van der Waals surface area (Å²) in [5.74, 6) is -1.07. The lowest BCUT2D eigenvalue weighted by atomic mass is 10.1. The molecule has 1 unspecified atom stereocenters. The lowest BCUT2D eigenvalue weighted by molar-refractivity contribution is -0.141. The summed E-state index contributed by atoms with van der Waals surface area (Å²) >= 11 is 0. The van der Waals surface area contributed by atoms with Crippen LogP contribution in [-0.2, 0) is 11.3 Å². The van der Waals surface area contributed by atoms with Crippen molar-refractivity contribution in [2.45, 2.75) is 20.4 Å². The Morgan fingerprint density at radius 3 is 2.26 bits per heavy atom. The Bertz CT molecular complexity index is 401. The number of anilines is 1. The average molecular weight is 264 g/mol. The van der Waals surface area contributed by atoms with Crippen LogP contribution < -0.4 is 4.90 Å². The van der Waals surface area contributed by atoms with Crippen LogP contribution in [0.15, 0.2) is 24.3 Å². The van der Waals surface area contributed by atoms with Gasteiger partial charge in [-0.2, -0.15) is 0 Å². The molecule has 0 fully saturated rings. The van der Waals surface area contributed by atoms with Crippen molar-refractivity contribution >= 4 is 11.7 Å². The van der Waals surface area contributed by atoms with Gasteiger partial charge in [0.1, 0.15) is 0 Å². The Hall–Kier alpha value is -1.55. The molecule has 4 nitrogen and oxygen atoms in total. The Labute approximate surface area is 115 Å². The van der Waals surface area contributed by atoms with Gasteiger partial charge >= 0.3 is 5.97 Å². The number of hydrogen-bond acceptors (Lipinski definition) is 3. The van der Waals surface area contributed by atoms with Crippen LogP contribution >= 0.6 is 0 Å². The van der Waals surface area contributed by atoms with Crippen molar-refractivity contribution in [3.63, 3.8) is 0 Å². The molecule has 106 valence electrons. The first-order valence-corrected chi connectivity index (χ1v) is 6.65. The van der Waals surface area contributed by atoms with Crippen molar-refractivity contribution in [1.82, 2.24) is 4.90 Å². The van der Waals surface area contributed by atoms with E-state index in [9.17, 15) is 4.79 Å². The topological polar surface area (TPSA) is 43.8 Å². The highest BCUT2D eigenvalue weighted by atomic mass is 16.4. The minimum atomic E-state index is -0.735. The van der Waals surface area contributed by atoms with E-state index in [1.54, 1.807) is 6.92 Å². The van der Waals surface area contributed by atoms with E-state index >= 15 is 0 Å². The van der Waals surface area contributed by atoms with Crippen LogP contribution in [0.2, 0.25) is 0 Å². The third kappa shape index (κ3) is 4.91. The summed E-state index contributed by atoms with van der Waals surface area (Å²) in [5, 5.41) is 8.96. The van der Waals surface area contributed by atoms with Gasteiger partial charge in [0.05, 0.1) is 5.92 Å². The molecule has 0 amide bonds. The molecule has 0 radical (unpaired) electrons. The highest BCUT2D eigenvalue weighted by Gasteiger charge is 2.15. The van der Waals surface area contributed by atoms with Crippen molar-refractivity contribution in [3.8, 4) is 0 Å². The summed E-state index contributed by atoms with van der Waals surface area (Å²) in [4.78, 5) is 15.1. The van der Waals surface area contributed by atoms with Gasteiger partial charge in [0, 0.05) is 32.9 Å². The Morgan fingerprint density at radius 1 is 1.26 bits per heavy atom. The molecule has 4 heteroatoms. The summed E-state index contributed by atoms with van der Waals surface area (Å²) in [6.45, 7) is 6.04. The lowest BCUT2D eigenvalue weighted by Crippen LogP contribution is -2.31. The van der Waals surface area contributed by atoms with Gasteiger partial charge in [-0.1, -0.05) is 26.0 Å². The molecular weight excluding hydrogens is 240 g/mol. The summed E-state index contributed by atoms with van der Waals surface area (Å²) in [6, 6.07) is 8.38. The van der Waals surface area contributed by atoms with Gasteiger partial charge in [-0.25, -0.2) is 0 Å². The minimum Gasteiger partial charge on any atom is -0.481 e. The van der Waals surface area contributed by atoms with Crippen LogP contribution in [0.4, 0.5) is 5.69 Å². The maximum Gasteiger partial charge on any atom is 0.307 e. The van der Waals surface area contributed by atoms with Crippen LogP contribution in [0.25, 0.3) is 0 Å². The van der Waals surface area contributed by atoms with Gasteiger partial charge in [-0.05, 0) is 24.2 Å². The molecule has 0 aliphatic carbocycles. The number of hydrogen-bond donors (Lipinski definition) is 1. The minimum absolute atomic E-state index is 0.332. The molecule has 1 N–H and O–H groups in total. The maximum atomic E-state index is 10.9. The fraction of sp³-hybridized carbons (Fsp3) is 0.533. The van der Waals surface area contributed by atoms with Crippen molar-refractivity contribution in [1.29, 1.82) is 0 Å². The Balaban J connectivity index is 2.62. The van der Waals surface area contributed by atoms with E-state index in [0.29, 0.717) is 6.54 Å². The third-order valence-electron chi connectivity index (χ3n) is 3.26. The first-order valence-electron chi connectivity index (χ1n) is 6.65. The number of carboxylic acid groups (broad SMARTS) is 1. The molecule has 0 spiro atoms. The molecule has 1 aromatic rings. The van der Waals surface area contributed by atoms with Crippen LogP contribution in [0.3, 0.4) is 0 Å². The second kappa shape index (κ2) is 7.14. The maximum absolute atomic E-state index is 10.9. The fourth-order valence-electron chi connectivity index (χ4n) is 1.93. The van der Waals surface area contributed by atoms with Gasteiger partial charge in [0.25, 0.3) is 0 Å². The standard InChI is InChI=1S/C15H24N2O2/c1-5-17(10-12(2)15(18)19)11-13-6-8-14(9-7-13)16(3)4/h6-9,12H,5,10-11H2,1-4H3,(H,18,19). The van der Waals surface area contributed by atoms with Crippen molar-refractivity contribution < 1.29 is 9.90 Å². The van der Waals surface area contributed by atoms with E-state index < -0.39 is 5.97 Å². The Morgan fingerprint density at radius 2 is 1.84 bits per heavy atom. The highest BCUT2D eigenvalue weighted by molar-refractivity contribution is 5.69. The molecule has 0 saturated heterocycles. The van der Waals surface area contributed by atoms with E-state index in [1.165, 1.54) is 11.3 Å². The molecule has 1 atom stereocenters. The molecule has 0 heterocycles. The zero-order valence-corrected chi connectivity index (χ0v) is 12.3. The number of carboxylic acids is 1. The zero-order chi connectivity index (χ0) is 14.4. The monoisotopic (exact) mass is 264 g/mol. The van der Waals surface area contributed by atoms with E-state index in [4.69, 9.17) is 5.11 Å². The molecule has 1 rings (SSSR count). The largest absolute Gasteiger partial charge is 0.481 e. The highest BCUT2D eigenvalue weighted by Crippen LogP contribution is 2.14. The quantitative estimate of drug-likeness (QED) is 0.820. The first-order chi connectivity index (χ1) is 8.93. The number of carbonyl (C=O) groups is 1. The van der Waals surface area contributed by atoms with E-state index in [0.717, 1.165) is 13.1 Å². The van der Waals surface area contributed by atoms with Crippen LogP contribution in [0, 0.1) is 5.92 Å². The number of nitrogens with zero attached hydrogens (tertiary/aromatic N) is 2. The van der Waals surface area contributed by atoms with Gasteiger partial charge < -0.3 is 10.0 Å². The fourth-order valence-corrected chi connectivity index (χ4v) is 1.93. The SMILES string of the molecule is CCN(Cc1ccc(N(C)C)cc1)CC(C)C(=O)O. The predicted octanol–water partition coefficient (Wildman–Crippen LogP) is 2.30. The summed E-state index contributed by atoms with van der Waals surface area (Å²) < 4.78 is 0. The zero-order valence-electron chi connectivity index (χ0n) is 12.3. The molecule has 0 bridgehead atoms. The molecular formula is C15H24N2O2. The first kappa shape index (κ1) is 15.5. The molecule has 0 aliphatic rings. The molecule has 1 aromatic carbocycles. The average Bonchev–Trinajstić information content (AvgIpc) is 2.38. The van der Waals surface area contributed by atoms with Crippen LogP contribution in [0.5, 0.6) is 0 Å². The number of benzene rings is 1. The van der Waals surface area contributed by atoms with E-state index in [2.05, 4.69) is 41.0 Å². The van der Waals surface area contributed by atoms with Crippen LogP contribution in [-0.4, -0.2) is 43.2 Å². The summed E-state index contributed by atoms with van der Waals surface area (Å²) in [5.41, 5.74) is 2.38. The smallest absolute Gasteiger partial charge is 0.307 e. The van der Waals surface area contributed by atoms with Crippen molar-refractivity contribution in [2.75, 3.05) is 32.1 Å². The van der Waals surface area contributed by atoms with Gasteiger partial charge in [-0.3, -0.25) is 9.69 Å². The van der Waals surface area contributed by atoms with E-state index in [-0.39, 0.29) is 5.92 Å². The second-order valence-corrected chi connectivity index (χ2v) is 5.13. The van der Waals surface area contributed by atoms with Crippen molar-refractivity contribution in [2.24, 2.45) is 5.92 Å². The number of rotatable bonds is 7. The summed E-state index contributed by atoms with van der Waals surface area (Å²) in [7, 11) is 4.03.